The summed E-state index contributed by atoms with van der Waals surface area (Å²) in [7, 11) is 0. The molecule has 0 radical (unpaired) electrons. The first-order valence-corrected chi connectivity index (χ1v) is 6.34. The van der Waals surface area contributed by atoms with E-state index in [1.807, 2.05) is 6.92 Å². The van der Waals surface area contributed by atoms with Crippen molar-refractivity contribution in [2.75, 3.05) is 25.1 Å². The van der Waals surface area contributed by atoms with Crippen molar-refractivity contribution in [1.82, 2.24) is 5.32 Å². The molecule has 0 aromatic rings. The third kappa shape index (κ3) is 8.72. The molecule has 0 saturated heterocycles. The van der Waals surface area contributed by atoms with Crippen molar-refractivity contribution in [1.29, 1.82) is 0 Å². The number of ether oxygens (including phenoxy) is 1. The average molecular weight is 252 g/mol. The summed E-state index contributed by atoms with van der Waals surface area (Å²) in [5, 5.41) is 4.61. The number of rotatable bonds is 9. The largest absolute Gasteiger partial charge is 0.382 e. The maximum atomic E-state index is 5.26. The third-order valence-corrected chi connectivity index (χ3v) is 2.51. The summed E-state index contributed by atoms with van der Waals surface area (Å²) in [6.45, 7) is 7.05. The quantitative estimate of drug-likeness (QED) is 0.503. The molecule has 0 aliphatic carbocycles. The Morgan fingerprint density at radius 1 is 1.38 bits per heavy atom. The van der Waals surface area contributed by atoms with Gasteiger partial charge in [-0.15, -0.1) is 0 Å². The molecule has 0 spiro atoms. The van der Waals surface area contributed by atoms with Crippen LogP contribution in [0.2, 0.25) is 0 Å². The van der Waals surface area contributed by atoms with Gasteiger partial charge in [0.05, 0.1) is 0 Å². The van der Waals surface area contributed by atoms with E-state index in [4.69, 9.17) is 4.74 Å². The zero-order chi connectivity index (χ0) is 9.94. The van der Waals surface area contributed by atoms with Crippen molar-refractivity contribution in [3.8, 4) is 0 Å². The van der Waals surface area contributed by atoms with Crippen LogP contribution in [0.15, 0.2) is 0 Å². The maximum absolute atomic E-state index is 5.26. The first kappa shape index (κ1) is 13.4. The molecule has 0 fully saturated rings. The lowest BCUT2D eigenvalue weighted by Crippen LogP contribution is -2.30. The van der Waals surface area contributed by atoms with E-state index in [1.54, 1.807) is 0 Å². The SMILES string of the molecule is CCOCCCNC(CC)CCBr. The lowest BCUT2D eigenvalue weighted by molar-refractivity contribution is 0.144. The molecule has 1 N–H and O–H groups in total. The van der Waals surface area contributed by atoms with Gasteiger partial charge in [0, 0.05) is 24.6 Å². The molecular formula is C10H22BrNO. The van der Waals surface area contributed by atoms with Crippen molar-refractivity contribution in [2.24, 2.45) is 0 Å². The van der Waals surface area contributed by atoms with E-state index in [2.05, 4.69) is 28.2 Å². The predicted molar refractivity (Wildman–Crippen MR) is 61.6 cm³/mol. The van der Waals surface area contributed by atoms with E-state index in [9.17, 15) is 0 Å². The topological polar surface area (TPSA) is 21.3 Å². The summed E-state index contributed by atoms with van der Waals surface area (Å²) < 4.78 is 5.26. The van der Waals surface area contributed by atoms with Gasteiger partial charge in [0.1, 0.15) is 0 Å². The highest BCUT2D eigenvalue weighted by atomic mass is 79.9. The number of alkyl halides is 1. The summed E-state index contributed by atoms with van der Waals surface area (Å²) in [6.07, 6.45) is 3.54. The van der Waals surface area contributed by atoms with E-state index >= 15 is 0 Å². The minimum atomic E-state index is 0.668. The van der Waals surface area contributed by atoms with Gasteiger partial charge in [-0.25, -0.2) is 0 Å². The van der Waals surface area contributed by atoms with Crippen LogP contribution in [0, 0.1) is 0 Å². The molecule has 0 rings (SSSR count). The fraction of sp³-hybridized carbons (Fsp3) is 1.00. The van der Waals surface area contributed by atoms with Crippen LogP contribution in [0.3, 0.4) is 0 Å². The second-order valence-electron chi connectivity index (χ2n) is 3.09. The maximum Gasteiger partial charge on any atom is 0.0477 e. The Balaban J connectivity index is 3.17. The fourth-order valence-corrected chi connectivity index (χ4v) is 1.76. The van der Waals surface area contributed by atoms with Crippen LogP contribution >= 0.6 is 15.9 Å². The molecule has 1 atom stereocenters. The Morgan fingerprint density at radius 3 is 2.69 bits per heavy atom. The Morgan fingerprint density at radius 2 is 2.15 bits per heavy atom. The van der Waals surface area contributed by atoms with Gasteiger partial charge in [0.2, 0.25) is 0 Å². The Labute approximate surface area is 90.6 Å². The smallest absolute Gasteiger partial charge is 0.0477 e. The molecule has 3 heteroatoms. The third-order valence-electron chi connectivity index (χ3n) is 2.05. The molecule has 0 heterocycles. The van der Waals surface area contributed by atoms with Crippen LogP contribution in [0.5, 0.6) is 0 Å². The molecule has 13 heavy (non-hydrogen) atoms. The van der Waals surface area contributed by atoms with Crippen molar-refractivity contribution in [2.45, 2.75) is 39.2 Å². The first-order chi connectivity index (χ1) is 6.35. The second kappa shape index (κ2) is 10.5. The minimum Gasteiger partial charge on any atom is -0.382 e. The zero-order valence-corrected chi connectivity index (χ0v) is 10.4. The number of hydrogen-bond donors (Lipinski definition) is 1. The standard InChI is InChI=1S/C10H22BrNO/c1-3-10(6-7-11)12-8-5-9-13-4-2/h10,12H,3-9H2,1-2H3. The van der Waals surface area contributed by atoms with Crippen LogP contribution in [-0.2, 0) is 4.74 Å². The highest BCUT2D eigenvalue weighted by Gasteiger charge is 2.02. The van der Waals surface area contributed by atoms with Crippen LogP contribution in [0.1, 0.15) is 33.1 Å². The van der Waals surface area contributed by atoms with Crippen LogP contribution in [-0.4, -0.2) is 31.1 Å². The number of nitrogens with one attached hydrogen (secondary N) is 1. The van der Waals surface area contributed by atoms with Crippen molar-refractivity contribution in [3.05, 3.63) is 0 Å². The fourth-order valence-electron chi connectivity index (χ4n) is 1.21. The molecule has 1 unspecified atom stereocenters. The molecule has 80 valence electrons. The predicted octanol–water partition coefficient (Wildman–Crippen LogP) is 2.57. The first-order valence-electron chi connectivity index (χ1n) is 5.22. The van der Waals surface area contributed by atoms with Crippen molar-refractivity contribution in [3.63, 3.8) is 0 Å². The molecule has 0 aromatic carbocycles. The zero-order valence-electron chi connectivity index (χ0n) is 8.81. The van der Waals surface area contributed by atoms with E-state index in [0.29, 0.717) is 6.04 Å². The van der Waals surface area contributed by atoms with Gasteiger partial charge >= 0.3 is 0 Å². The lowest BCUT2D eigenvalue weighted by atomic mass is 10.2. The van der Waals surface area contributed by atoms with Gasteiger partial charge in [0.15, 0.2) is 0 Å². The normalized spacial score (nSPS) is 13.2. The van der Waals surface area contributed by atoms with Crippen molar-refractivity contribution >= 4 is 15.9 Å². The van der Waals surface area contributed by atoms with E-state index < -0.39 is 0 Å². The molecule has 0 amide bonds. The summed E-state index contributed by atoms with van der Waals surface area (Å²) >= 11 is 3.46. The van der Waals surface area contributed by atoms with Gasteiger partial charge in [-0.3, -0.25) is 0 Å². The molecule has 2 nitrogen and oxygen atoms in total. The van der Waals surface area contributed by atoms with Gasteiger partial charge < -0.3 is 10.1 Å². The molecule has 0 saturated carbocycles. The van der Waals surface area contributed by atoms with Gasteiger partial charge in [-0.2, -0.15) is 0 Å². The van der Waals surface area contributed by atoms with Crippen LogP contribution < -0.4 is 5.32 Å². The van der Waals surface area contributed by atoms with Crippen LogP contribution in [0.25, 0.3) is 0 Å². The summed E-state index contributed by atoms with van der Waals surface area (Å²) in [5.41, 5.74) is 0. The second-order valence-corrected chi connectivity index (χ2v) is 3.88. The summed E-state index contributed by atoms with van der Waals surface area (Å²) in [5.74, 6) is 0. The molecule has 0 bridgehead atoms. The number of hydrogen-bond acceptors (Lipinski definition) is 2. The highest BCUT2D eigenvalue weighted by Crippen LogP contribution is 2.00. The highest BCUT2D eigenvalue weighted by molar-refractivity contribution is 9.09. The molecule has 0 aromatic heterocycles. The lowest BCUT2D eigenvalue weighted by Gasteiger charge is -2.15. The van der Waals surface area contributed by atoms with Gasteiger partial charge in [-0.05, 0) is 32.7 Å². The van der Waals surface area contributed by atoms with Gasteiger partial charge in [-0.1, -0.05) is 22.9 Å². The van der Waals surface area contributed by atoms with E-state index in [0.717, 1.165) is 31.5 Å². The van der Waals surface area contributed by atoms with Crippen LogP contribution in [0.4, 0.5) is 0 Å². The summed E-state index contributed by atoms with van der Waals surface area (Å²) in [4.78, 5) is 0. The Bertz CT molecular complexity index is 101. The minimum absolute atomic E-state index is 0.668. The molecule has 0 aliphatic rings. The monoisotopic (exact) mass is 251 g/mol. The average Bonchev–Trinajstić information content (AvgIpc) is 2.16. The Hall–Kier alpha value is 0.400. The van der Waals surface area contributed by atoms with Gasteiger partial charge in [0.25, 0.3) is 0 Å². The van der Waals surface area contributed by atoms with E-state index in [-0.39, 0.29) is 0 Å². The van der Waals surface area contributed by atoms with Crippen molar-refractivity contribution < 1.29 is 4.74 Å². The number of halogens is 1. The van der Waals surface area contributed by atoms with E-state index in [1.165, 1.54) is 12.8 Å². The Kier molecular flexibility index (Phi) is 10.8. The molecule has 0 aliphatic heterocycles. The molecular weight excluding hydrogens is 230 g/mol. The summed E-state index contributed by atoms with van der Waals surface area (Å²) in [6, 6.07) is 0.668.